The Morgan fingerprint density at radius 2 is 1.32 bits per heavy atom. The number of carbonyl (C=O) groups is 1. The summed E-state index contributed by atoms with van der Waals surface area (Å²) in [5.41, 5.74) is 0. The van der Waals surface area contributed by atoms with E-state index in [0.29, 0.717) is 11.5 Å². The van der Waals surface area contributed by atoms with Gasteiger partial charge >= 0.3 is 6.09 Å². The van der Waals surface area contributed by atoms with Crippen molar-refractivity contribution in [2.24, 2.45) is 0 Å². The van der Waals surface area contributed by atoms with Crippen LogP contribution in [-0.4, -0.2) is 11.3 Å². The molecule has 0 saturated heterocycles. The van der Waals surface area contributed by atoms with E-state index in [2.05, 4.69) is 5.32 Å². The number of benzene rings is 2. The van der Waals surface area contributed by atoms with Gasteiger partial charge in [-0.15, -0.1) is 0 Å². The van der Waals surface area contributed by atoms with Crippen molar-refractivity contribution in [2.75, 3.05) is 0 Å². The zero-order chi connectivity index (χ0) is 13.5. The lowest BCUT2D eigenvalue weighted by Gasteiger charge is -2.08. The molecule has 2 aromatic carbocycles. The van der Waals surface area contributed by atoms with Crippen LogP contribution in [0.2, 0.25) is 0 Å². The maximum absolute atomic E-state index is 11.5. The largest absolute Gasteiger partial charge is 0.432 e. The van der Waals surface area contributed by atoms with Gasteiger partial charge in [-0.25, -0.2) is 4.79 Å². The molecule has 0 bridgehead atoms. The molecular weight excluding hydrogens is 262 g/mol. The molecule has 0 aliphatic heterocycles. The Kier molecular flexibility index (Phi) is 4.47. The summed E-state index contributed by atoms with van der Waals surface area (Å²) >= 11 is 4.89. The smallest absolute Gasteiger partial charge is 0.420 e. The molecule has 0 atom stereocenters. The molecule has 0 fully saturated rings. The third-order valence-electron chi connectivity index (χ3n) is 2.11. The van der Waals surface area contributed by atoms with Crippen LogP contribution >= 0.6 is 12.2 Å². The molecular formula is C14H11NO3S. The van der Waals surface area contributed by atoms with E-state index in [1.807, 2.05) is 12.1 Å². The fraction of sp³-hybridized carbons (Fsp3) is 0. The zero-order valence-electron chi connectivity index (χ0n) is 9.91. The quantitative estimate of drug-likeness (QED) is 0.854. The summed E-state index contributed by atoms with van der Waals surface area (Å²) in [5.74, 6) is 0.982. The first kappa shape index (κ1) is 13.0. The lowest BCUT2D eigenvalue weighted by Crippen LogP contribution is -2.34. The Hall–Kier alpha value is -2.40. The van der Waals surface area contributed by atoms with Gasteiger partial charge in [0.1, 0.15) is 11.5 Å². The van der Waals surface area contributed by atoms with Crippen molar-refractivity contribution in [2.45, 2.75) is 0 Å². The van der Waals surface area contributed by atoms with Crippen LogP contribution in [-0.2, 0) is 0 Å². The Labute approximate surface area is 116 Å². The third kappa shape index (κ3) is 4.40. The number of para-hydroxylation sites is 2. The maximum Gasteiger partial charge on any atom is 0.420 e. The molecule has 0 spiro atoms. The fourth-order valence-corrected chi connectivity index (χ4v) is 1.51. The highest BCUT2D eigenvalue weighted by Crippen LogP contribution is 2.10. The summed E-state index contributed by atoms with van der Waals surface area (Å²) in [7, 11) is 0. The molecule has 0 heterocycles. The maximum atomic E-state index is 11.5. The highest BCUT2D eigenvalue weighted by Gasteiger charge is 2.08. The van der Waals surface area contributed by atoms with Crippen LogP contribution < -0.4 is 14.8 Å². The molecule has 0 aromatic heterocycles. The van der Waals surface area contributed by atoms with Crippen LogP contribution in [0.25, 0.3) is 0 Å². The van der Waals surface area contributed by atoms with Crippen LogP contribution in [0.1, 0.15) is 0 Å². The second-order valence-electron chi connectivity index (χ2n) is 3.53. The standard InChI is InChI=1S/C14H11NO3S/c16-13(17-11-7-3-1-4-8-11)15-14(19)18-12-9-5-2-6-10-12/h1-10H,(H,15,16,19). The first-order valence-corrected chi connectivity index (χ1v) is 5.95. The van der Waals surface area contributed by atoms with Gasteiger partial charge < -0.3 is 9.47 Å². The van der Waals surface area contributed by atoms with Gasteiger partial charge in [-0.1, -0.05) is 36.4 Å². The Morgan fingerprint density at radius 1 is 0.842 bits per heavy atom. The average molecular weight is 273 g/mol. The Bertz CT molecular complexity index is 506. The second-order valence-corrected chi connectivity index (χ2v) is 3.90. The number of hydrogen-bond acceptors (Lipinski definition) is 4. The number of amides is 1. The van der Waals surface area contributed by atoms with Crippen molar-refractivity contribution in [3.63, 3.8) is 0 Å². The monoisotopic (exact) mass is 273 g/mol. The number of thiocarbonyl (C=S) groups is 1. The molecule has 0 aliphatic carbocycles. The summed E-state index contributed by atoms with van der Waals surface area (Å²) in [6.45, 7) is 0. The SMILES string of the molecule is O=C(NC(=S)Oc1ccccc1)Oc1ccccc1. The van der Waals surface area contributed by atoms with Gasteiger partial charge in [0, 0.05) is 0 Å². The van der Waals surface area contributed by atoms with Gasteiger partial charge in [0.2, 0.25) is 0 Å². The van der Waals surface area contributed by atoms with Crippen LogP contribution in [0.5, 0.6) is 11.5 Å². The van der Waals surface area contributed by atoms with Gasteiger partial charge in [-0.05, 0) is 36.5 Å². The van der Waals surface area contributed by atoms with E-state index >= 15 is 0 Å². The van der Waals surface area contributed by atoms with Gasteiger partial charge in [0.15, 0.2) is 0 Å². The predicted molar refractivity (Wildman–Crippen MR) is 75.3 cm³/mol. The first-order chi connectivity index (χ1) is 9.24. The molecule has 0 aliphatic rings. The Balaban J connectivity index is 1.84. The number of carbonyl (C=O) groups excluding carboxylic acids is 1. The van der Waals surface area contributed by atoms with Crippen molar-refractivity contribution in [3.8, 4) is 11.5 Å². The molecule has 2 rings (SSSR count). The second kappa shape index (κ2) is 6.51. The number of rotatable bonds is 2. The van der Waals surface area contributed by atoms with E-state index in [4.69, 9.17) is 21.7 Å². The molecule has 1 N–H and O–H groups in total. The molecule has 19 heavy (non-hydrogen) atoms. The summed E-state index contributed by atoms with van der Waals surface area (Å²) in [5, 5.41) is 2.26. The molecule has 0 radical (unpaired) electrons. The van der Waals surface area contributed by atoms with Gasteiger partial charge in [-0.2, -0.15) is 0 Å². The molecule has 2 aromatic rings. The predicted octanol–water partition coefficient (Wildman–Crippen LogP) is 3.14. The number of nitrogens with one attached hydrogen (secondary N) is 1. The van der Waals surface area contributed by atoms with E-state index in [9.17, 15) is 4.79 Å². The molecule has 0 saturated carbocycles. The van der Waals surface area contributed by atoms with Crippen molar-refractivity contribution in [1.29, 1.82) is 0 Å². The summed E-state index contributed by atoms with van der Waals surface area (Å²) < 4.78 is 10.2. The molecule has 1 amide bonds. The normalized spacial score (nSPS) is 9.47. The molecule has 0 unspecified atom stereocenters. The molecule has 96 valence electrons. The molecule has 5 heteroatoms. The third-order valence-corrected chi connectivity index (χ3v) is 2.30. The van der Waals surface area contributed by atoms with Crippen LogP contribution in [0.3, 0.4) is 0 Å². The van der Waals surface area contributed by atoms with Crippen LogP contribution in [0.4, 0.5) is 4.79 Å². The van der Waals surface area contributed by atoms with E-state index in [0.717, 1.165) is 0 Å². The fourth-order valence-electron chi connectivity index (χ4n) is 1.33. The van der Waals surface area contributed by atoms with Crippen molar-refractivity contribution in [3.05, 3.63) is 60.7 Å². The van der Waals surface area contributed by atoms with Crippen LogP contribution in [0, 0.1) is 0 Å². The minimum Gasteiger partial charge on any atom is -0.432 e. The number of ether oxygens (including phenoxy) is 2. The van der Waals surface area contributed by atoms with Gasteiger partial charge in [0.05, 0.1) is 0 Å². The van der Waals surface area contributed by atoms with Gasteiger partial charge in [-0.3, -0.25) is 5.32 Å². The molecule has 4 nitrogen and oxygen atoms in total. The van der Waals surface area contributed by atoms with Crippen molar-refractivity contribution in [1.82, 2.24) is 5.32 Å². The van der Waals surface area contributed by atoms with E-state index in [1.54, 1.807) is 48.5 Å². The minimum absolute atomic E-state index is 0.0628. The van der Waals surface area contributed by atoms with E-state index in [1.165, 1.54) is 0 Å². The van der Waals surface area contributed by atoms with Crippen molar-refractivity contribution >= 4 is 23.5 Å². The topological polar surface area (TPSA) is 47.6 Å². The van der Waals surface area contributed by atoms with Gasteiger partial charge in [0.25, 0.3) is 5.17 Å². The highest BCUT2D eigenvalue weighted by atomic mass is 32.1. The minimum atomic E-state index is -0.688. The zero-order valence-corrected chi connectivity index (χ0v) is 10.7. The summed E-state index contributed by atoms with van der Waals surface area (Å²) in [6, 6.07) is 17.6. The summed E-state index contributed by atoms with van der Waals surface area (Å²) in [4.78, 5) is 11.5. The first-order valence-electron chi connectivity index (χ1n) is 5.55. The summed E-state index contributed by atoms with van der Waals surface area (Å²) in [6.07, 6.45) is -0.688. The lowest BCUT2D eigenvalue weighted by atomic mass is 10.3. The highest BCUT2D eigenvalue weighted by molar-refractivity contribution is 7.80. The lowest BCUT2D eigenvalue weighted by molar-refractivity contribution is 0.205. The number of hydrogen-bond donors (Lipinski definition) is 1. The van der Waals surface area contributed by atoms with Crippen molar-refractivity contribution < 1.29 is 14.3 Å². The van der Waals surface area contributed by atoms with E-state index in [-0.39, 0.29) is 5.17 Å². The average Bonchev–Trinajstić information content (AvgIpc) is 2.40. The van der Waals surface area contributed by atoms with Crippen LogP contribution in [0.15, 0.2) is 60.7 Å². The Morgan fingerprint density at radius 3 is 1.84 bits per heavy atom. The van der Waals surface area contributed by atoms with E-state index < -0.39 is 6.09 Å².